The molecule has 21 heavy (non-hydrogen) atoms. The molecule has 0 aliphatic rings. The number of anilines is 1. The second-order valence-electron chi connectivity index (χ2n) is 4.46. The molecule has 0 atom stereocenters. The molecule has 1 amide bonds. The first-order valence-electron chi connectivity index (χ1n) is 6.44. The van der Waals surface area contributed by atoms with Crippen molar-refractivity contribution in [2.24, 2.45) is 0 Å². The molecule has 0 fully saturated rings. The maximum absolute atomic E-state index is 12.7. The Bertz CT molecular complexity index is 741. The SMILES string of the molecule is CN(C(=O)c1cccnc1-c1cncs1)c1ccccc1. The molecule has 1 aromatic carbocycles. The van der Waals surface area contributed by atoms with Gasteiger partial charge in [-0.3, -0.25) is 14.8 Å². The fraction of sp³-hybridized carbons (Fsp3) is 0.0625. The average molecular weight is 295 g/mol. The highest BCUT2D eigenvalue weighted by Crippen LogP contribution is 2.26. The lowest BCUT2D eigenvalue weighted by molar-refractivity contribution is 0.0993. The molecular formula is C16H13N3OS. The monoisotopic (exact) mass is 295 g/mol. The maximum Gasteiger partial charge on any atom is 0.260 e. The van der Waals surface area contributed by atoms with Gasteiger partial charge in [0, 0.05) is 25.1 Å². The van der Waals surface area contributed by atoms with Crippen LogP contribution >= 0.6 is 11.3 Å². The van der Waals surface area contributed by atoms with E-state index in [1.807, 2.05) is 30.3 Å². The number of aromatic nitrogens is 2. The Labute approximate surface area is 126 Å². The van der Waals surface area contributed by atoms with Gasteiger partial charge in [0.15, 0.2) is 0 Å². The number of thiazole rings is 1. The van der Waals surface area contributed by atoms with Gasteiger partial charge in [0.05, 0.1) is 21.6 Å². The zero-order valence-corrected chi connectivity index (χ0v) is 12.2. The van der Waals surface area contributed by atoms with Crippen LogP contribution in [-0.4, -0.2) is 22.9 Å². The van der Waals surface area contributed by atoms with Crippen LogP contribution in [-0.2, 0) is 0 Å². The number of rotatable bonds is 3. The average Bonchev–Trinajstić information content (AvgIpc) is 3.08. The minimum Gasteiger partial charge on any atom is -0.311 e. The number of para-hydroxylation sites is 1. The smallest absolute Gasteiger partial charge is 0.260 e. The molecule has 0 aliphatic carbocycles. The van der Waals surface area contributed by atoms with Crippen molar-refractivity contribution in [3.63, 3.8) is 0 Å². The number of carbonyl (C=O) groups is 1. The molecule has 0 unspecified atom stereocenters. The zero-order chi connectivity index (χ0) is 14.7. The van der Waals surface area contributed by atoms with Crippen LogP contribution in [0.4, 0.5) is 5.69 Å². The lowest BCUT2D eigenvalue weighted by Crippen LogP contribution is -2.26. The third kappa shape index (κ3) is 2.68. The van der Waals surface area contributed by atoms with Crippen molar-refractivity contribution in [2.45, 2.75) is 0 Å². The van der Waals surface area contributed by atoms with Gasteiger partial charge in [-0.2, -0.15) is 0 Å². The van der Waals surface area contributed by atoms with E-state index in [1.165, 1.54) is 11.3 Å². The number of hydrogen-bond donors (Lipinski definition) is 0. The van der Waals surface area contributed by atoms with Crippen molar-refractivity contribution >= 4 is 22.9 Å². The predicted octanol–water partition coefficient (Wildman–Crippen LogP) is 3.48. The van der Waals surface area contributed by atoms with Gasteiger partial charge in [-0.1, -0.05) is 18.2 Å². The van der Waals surface area contributed by atoms with Crippen molar-refractivity contribution in [1.82, 2.24) is 9.97 Å². The van der Waals surface area contributed by atoms with Crippen molar-refractivity contribution in [3.05, 3.63) is 65.9 Å². The molecule has 3 aromatic rings. The van der Waals surface area contributed by atoms with Gasteiger partial charge in [0.2, 0.25) is 0 Å². The third-order valence-electron chi connectivity index (χ3n) is 3.15. The summed E-state index contributed by atoms with van der Waals surface area (Å²) in [5.74, 6) is -0.0855. The minimum atomic E-state index is -0.0855. The summed E-state index contributed by atoms with van der Waals surface area (Å²) in [6.45, 7) is 0. The standard InChI is InChI=1S/C16H13N3OS/c1-19(12-6-3-2-4-7-12)16(20)13-8-5-9-18-15(13)14-10-17-11-21-14/h2-11H,1H3. The third-order valence-corrected chi connectivity index (χ3v) is 3.93. The molecule has 4 nitrogen and oxygen atoms in total. The highest BCUT2D eigenvalue weighted by molar-refractivity contribution is 7.13. The summed E-state index contributed by atoms with van der Waals surface area (Å²) in [6.07, 6.45) is 3.42. The van der Waals surface area contributed by atoms with E-state index in [0.717, 1.165) is 10.6 Å². The number of nitrogens with zero attached hydrogens (tertiary/aromatic N) is 3. The summed E-state index contributed by atoms with van der Waals surface area (Å²) in [5.41, 5.74) is 3.83. The molecule has 3 rings (SSSR count). The van der Waals surface area contributed by atoms with E-state index in [0.29, 0.717) is 11.3 Å². The Kier molecular flexibility index (Phi) is 3.75. The molecule has 0 saturated heterocycles. The van der Waals surface area contributed by atoms with Gasteiger partial charge >= 0.3 is 0 Å². The van der Waals surface area contributed by atoms with Crippen LogP contribution in [0.1, 0.15) is 10.4 Å². The van der Waals surface area contributed by atoms with Crippen LogP contribution < -0.4 is 4.90 Å². The number of pyridine rings is 1. The molecule has 0 saturated carbocycles. The van der Waals surface area contributed by atoms with E-state index in [4.69, 9.17) is 0 Å². The second-order valence-corrected chi connectivity index (χ2v) is 5.35. The van der Waals surface area contributed by atoms with E-state index in [2.05, 4.69) is 9.97 Å². The highest BCUT2D eigenvalue weighted by atomic mass is 32.1. The Morgan fingerprint density at radius 3 is 2.67 bits per heavy atom. The molecule has 0 aliphatic heterocycles. The molecule has 104 valence electrons. The summed E-state index contributed by atoms with van der Waals surface area (Å²) in [6, 6.07) is 13.1. The van der Waals surface area contributed by atoms with E-state index in [1.54, 1.807) is 42.0 Å². The van der Waals surface area contributed by atoms with Gasteiger partial charge in [-0.05, 0) is 24.3 Å². The number of hydrogen-bond acceptors (Lipinski definition) is 4. The van der Waals surface area contributed by atoms with Crippen molar-refractivity contribution in [2.75, 3.05) is 11.9 Å². The molecule has 0 bridgehead atoms. The summed E-state index contributed by atoms with van der Waals surface area (Å²) < 4.78 is 0. The normalized spacial score (nSPS) is 10.3. The minimum absolute atomic E-state index is 0.0855. The molecule has 0 radical (unpaired) electrons. The van der Waals surface area contributed by atoms with Gasteiger partial charge < -0.3 is 4.90 Å². The van der Waals surface area contributed by atoms with E-state index >= 15 is 0 Å². The van der Waals surface area contributed by atoms with Gasteiger partial charge in [0.25, 0.3) is 5.91 Å². The second kappa shape index (κ2) is 5.85. The Balaban J connectivity index is 1.99. The van der Waals surface area contributed by atoms with Crippen LogP contribution in [0.15, 0.2) is 60.4 Å². The predicted molar refractivity (Wildman–Crippen MR) is 84.5 cm³/mol. The van der Waals surface area contributed by atoms with Crippen LogP contribution in [0, 0.1) is 0 Å². The van der Waals surface area contributed by atoms with Crippen molar-refractivity contribution < 1.29 is 4.79 Å². The zero-order valence-electron chi connectivity index (χ0n) is 11.4. The first-order chi connectivity index (χ1) is 10.3. The van der Waals surface area contributed by atoms with Gasteiger partial charge in [-0.15, -0.1) is 11.3 Å². The maximum atomic E-state index is 12.7. The molecular weight excluding hydrogens is 282 g/mol. The molecule has 0 N–H and O–H groups in total. The lowest BCUT2D eigenvalue weighted by Gasteiger charge is -2.18. The lowest BCUT2D eigenvalue weighted by atomic mass is 10.1. The van der Waals surface area contributed by atoms with E-state index in [-0.39, 0.29) is 5.91 Å². The Hall–Kier alpha value is -2.53. The first kappa shape index (κ1) is 13.5. The largest absolute Gasteiger partial charge is 0.311 e. The molecule has 2 heterocycles. The van der Waals surface area contributed by atoms with Crippen molar-refractivity contribution in [3.8, 4) is 10.6 Å². The number of amides is 1. The topological polar surface area (TPSA) is 46.1 Å². The fourth-order valence-electron chi connectivity index (χ4n) is 2.06. The number of carbonyl (C=O) groups excluding carboxylic acids is 1. The summed E-state index contributed by atoms with van der Waals surface area (Å²) >= 11 is 1.47. The van der Waals surface area contributed by atoms with Crippen LogP contribution in [0.25, 0.3) is 10.6 Å². The Morgan fingerprint density at radius 1 is 1.14 bits per heavy atom. The quantitative estimate of drug-likeness (QED) is 0.743. The fourth-order valence-corrected chi connectivity index (χ4v) is 2.69. The van der Waals surface area contributed by atoms with Gasteiger partial charge in [0.1, 0.15) is 0 Å². The molecule has 2 aromatic heterocycles. The number of benzene rings is 1. The van der Waals surface area contributed by atoms with Gasteiger partial charge in [-0.25, -0.2) is 0 Å². The molecule has 5 heteroatoms. The van der Waals surface area contributed by atoms with Crippen LogP contribution in [0.3, 0.4) is 0 Å². The first-order valence-corrected chi connectivity index (χ1v) is 7.32. The van der Waals surface area contributed by atoms with Crippen molar-refractivity contribution in [1.29, 1.82) is 0 Å². The highest BCUT2D eigenvalue weighted by Gasteiger charge is 2.19. The van der Waals surface area contributed by atoms with Crippen LogP contribution in [0.5, 0.6) is 0 Å². The molecule has 0 spiro atoms. The Morgan fingerprint density at radius 2 is 1.95 bits per heavy atom. The summed E-state index contributed by atoms with van der Waals surface area (Å²) in [4.78, 5) is 23.6. The van der Waals surface area contributed by atoms with Crippen LogP contribution in [0.2, 0.25) is 0 Å². The van der Waals surface area contributed by atoms with E-state index in [9.17, 15) is 4.79 Å². The summed E-state index contributed by atoms with van der Waals surface area (Å²) in [5, 5.41) is 0. The van der Waals surface area contributed by atoms with E-state index < -0.39 is 0 Å². The summed E-state index contributed by atoms with van der Waals surface area (Å²) in [7, 11) is 1.76.